The fraction of sp³-hybridized carbons (Fsp3) is 0.267. The maximum atomic E-state index is 12.7. The zero-order valence-corrected chi connectivity index (χ0v) is 12.1. The van der Waals surface area contributed by atoms with Gasteiger partial charge in [-0.05, 0) is 41.6 Å². The Morgan fingerprint density at radius 2 is 2.25 bits per heavy atom. The van der Waals surface area contributed by atoms with Crippen molar-refractivity contribution < 1.29 is 9.53 Å². The van der Waals surface area contributed by atoms with Crippen LogP contribution in [0.3, 0.4) is 0 Å². The summed E-state index contributed by atoms with van der Waals surface area (Å²) < 4.78 is 5.27. The Morgan fingerprint density at radius 1 is 1.40 bits per heavy atom. The summed E-state index contributed by atoms with van der Waals surface area (Å²) in [5.41, 5.74) is 8.14. The lowest BCUT2D eigenvalue weighted by Gasteiger charge is -2.27. The van der Waals surface area contributed by atoms with Crippen LogP contribution >= 0.6 is 11.3 Å². The van der Waals surface area contributed by atoms with Crippen LogP contribution in [0.2, 0.25) is 0 Å². The lowest BCUT2D eigenvalue weighted by atomic mass is 10.1. The van der Waals surface area contributed by atoms with Gasteiger partial charge in [0.2, 0.25) is 0 Å². The summed E-state index contributed by atoms with van der Waals surface area (Å²) in [5.74, 6) is 0.548. The van der Waals surface area contributed by atoms with Crippen molar-refractivity contribution in [2.75, 3.05) is 19.4 Å². The van der Waals surface area contributed by atoms with Crippen LogP contribution < -0.4 is 10.5 Å². The summed E-state index contributed by atoms with van der Waals surface area (Å²) in [7, 11) is 1.56. The van der Waals surface area contributed by atoms with Gasteiger partial charge in [0.05, 0.1) is 12.7 Å². The van der Waals surface area contributed by atoms with Gasteiger partial charge in [0.15, 0.2) is 0 Å². The fourth-order valence-electron chi connectivity index (χ4n) is 2.48. The minimum atomic E-state index is -0.0222. The van der Waals surface area contributed by atoms with Gasteiger partial charge in [-0.3, -0.25) is 4.79 Å². The van der Waals surface area contributed by atoms with Gasteiger partial charge in [0.1, 0.15) is 5.75 Å². The molecule has 0 radical (unpaired) electrons. The highest BCUT2D eigenvalue weighted by Gasteiger charge is 2.24. The van der Waals surface area contributed by atoms with Crippen LogP contribution in [0.15, 0.2) is 29.6 Å². The maximum Gasteiger partial charge on any atom is 0.258 e. The van der Waals surface area contributed by atoms with E-state index in [4.69, 9.17) is 10.5 Å². The highest BCUT2D eigenvalue weighted by atomic mass is 32.1. The lowest BCUT2D eigenvalue weighted by Crippen LogP contribution is -2.35. The first-order valence-electron chi connectivity index (χ1n) is 6.47. The number of thiophene rings is 1. The molecule has 1 aromatic heterocycles. The van der Waals surface area contributed by atoms with E-state index in [9.17, 15) is 4.79 Å². The van der Waals surface area contributed by atoms with Crippen LogP contribution in [-0.2, 0) is 13.0 Å². The van der Waals surface area contributed by atoms with Crippen molar-refractivity contribution in [2.45, 2.75) is 13.0 Å². The Kier molecular flexibility index (Phi) is 3.36. The van der Waals surface area contributed by atoms with Crippen molar-refractivity contribution in [2.24, 2.45) is 0 Å². The van der Waals surface area contributed by atoms with Gasteiger partial charge in [-0.25, -0.2) is 0 Å². The van der Waals surface area contributed by atoms with Crippen molar-refractivity contribution in [1.29, 1.82) is 0 Å². The smallest absolute Gasteiger partial charge is 0.258 e. The number of nitrogen functional groups attached to an aromatic ring is 1. The van der Waals surface area contributed by atoms with E-state index in [0.717, 1.165) is 13.0 Å². The number of amides is 1. The Balaban J connectivity index is 1.88. The molecular formula is C15H16N2O2S. The molecular weight excluding hydrogens is 272 g/mol. The topological polar surface area (TPSA) is 55.6 Å². The van der Waals surface area contributed by atoms with Crippen molar-refractivity contribution in [3.05, 3.63) is 45.6 Å². The molecule has 0 fully saturated rings. The van der Waals surface area contributed by atoms with E-state index in [1.165, 1.54) is 10.4 Å². The average molecular weight is 288 g/mol. The molecule has 2 aromatic rings. The van der Waals surface area contributed by atoms with Crippen LogP contribution in [0.25, 0.3) is 0 Å². The third-order valence-corrected chi connectivity index (χ3v) is 4.57. The number of nitrogens with two attached hydrogens (primary N) is 1. The third-order valence-electron chi connectivity index (χ3n) is 3.55. The van der Waals surface area contributed by atoms with Crippen LogP contribution in [0, 0.1) is 0 Å². The number of benzene rings is 1. The van der Waals surface area contributed by atoms with Crippen molar-refractivity contribution in [1.82, 2.24) is 4.90 Å². The van der Waals surface area contributed by atoms with Gasteiger partial charge in [-0.15, -0.1) is 11.3 Å². The molecule has 0 spiro atoms. The Labute approximate surface area is 121 Å². The first-order valence-corrected chi connectivity index (χ1v) is 7.35. The quantitative estimate of drug-likeness (QED) is 0.864. The van der Waals surface area contributed by atoms with Crippen LogP contribution in [0.5, 0.6) is 5.75 Å². The monoisotopic (exact) mass is 288 g/mol. The van der Waals surface area contributed by atoms with E-state index < -0.39 is 0 Å². The number of carbonyl (C=O) groups is 1. The number of fused-ring (bicyclic) bond motifs is 1. The predicted molar refractivity (Wildman–Crippen MR) is 80.2 cm³/mol. The summed E-state index contributed by atoms with van der Waals surface area (Å²) in [4.78, 5) is 15.9. The number of ether oxygens (including phenoxy) is 1. The van der Waals surface area contributed by atoms with Gasteiger partial charge in [-0.2, -0.15) is 0 Å². The summed E-state index contributed by atoms with van der Waals surface area (Å²) in [6.45, 7) is 1.40. The third kappa shape index (κ3) is 2.25. The molecule has 5 heteroatoms. The average Bonchev–Trinajstić information content (AvgIpc) is 2.93. The fourth-order valence-corrected chi connectivity index (χ4v) is 3.37. The second-order valence-corrected chi connectivity index (χ2v) is 5.81. The molecule has 4 nitrogen and oxygen atoms in total. The van der Waals surface area contributed by atoms with E-state index in [2.05, 4.69) is 11.4 Å². The van der Waals surface area contributed by atoms with Crippen LogP contribution in [0.1, 0.15) is 20.8 Å². The molecule has 2 heterocycles. The van der Waals surface area contributed by atoms with E-state index in [1.807, 2.05) is 4.90 Å². The summed E-state index contributed by atoms with van der Waals surface area (Å²) in [5, 5.41) is 2.08. The predicted octanol–water partition coefficient (Wildman–Crippen LogP) is 2.54. The highest BCUT2D eigenvalue weighted by Crippen LogP contribution is 2.28. The Morgan fingerprint density at radius 3 is 3.05 bits per heavy atom. The first-order chi connectivity index (χ1) is 9.69. The van der Waals surface area contributed by atoms with Gasteiger partial charge in [-0.1, -0.05) is 0 Å². The van der Waals surface area contributed by atoms with Crippen molar-refractivity contribution in [3.63, 3.8) is 0 Å². The molecule has 0 aliphatic carbocycles. The zero-order valence-electron chi connectivity index (χ0n) is 11.3. The minimum Gasteiger partial charge on any atom is -0.496 e. The van der Waals surface area contributed by atoms with Gasteiger partial charge >= 0.3 is 0 Å². The van der Waals surface area contributed by atoms with E-state index in [1.54, 1.807) is 36.6 Å². The molecule has 1 amide bonds. The Bertz CT molecular complexity index is 651. The zero-order chi connectivity index (χ0) is 14.1. The highest BCUT2D eigenvalue weighted by molar-refractivity contribution is 7.10. The molecule has 3 rings (SSSR count). The largest absolute Gasteiger partial charge is 0.496 e. The minimum absolute atomic E-state index is 0.0222. The van der Waals surface area contributed by atoms with Crippen molar-refractivity contribution >= 4 is 22.9 Å². The molecule has 20 heavy (non-hydrogen) atoms. The first kappa shape index (κ1) is 13.0. The van der Waals surface area contributed by atoms with Crippen LogP contribution in [0.4, 0.5) is 5.69 Å². The van der Waals surface area contributed by atoms with Gasteiger partial charge in [0.25, 0.3) is 5.91 Å². The molecule has 0 bridgehead atoms. The number of nitrogens with zero attached hydrogens (tertiary/aromatic N) is 1. The molecule has 1 aliphatic rings. The Hall–Kier alpha value is -2.01. The molecule has 104 valence electrons. The second-order valence-electron chi connectivity index (χ2n) is 4.81. The summed E-state index contributed by atoms with van der Waals surface area (Å²) in [6, 6.07) is 7.26. The number of methoxy groups -OCH3 is 1. The number of hydrogen-bond donors (Lipinski definition) is 1. The van der Waals surface area contributed by atoms with E-state index >= 15 is 0 Å². The molecule has 0 atom stereocenters. The number of anilines is 1. The van der Waals surface area contributed by atoms with E-state index in [0.29, 0.717) is 23.5 Å². The second kappa shape index (κ2) is 5.17. The molecule has 0 saturated heterocycles. The number of hydrogen-bond acceptors (Lipinski definition) is 4. The normalized spacial score (nSPS) is 13.9. The number of rotatable bonds is 2. The lowest BCUT2D eigenvalue weighted by molar-refractivity contribution is 0.0732. The van der Waals surface area contributed by atoms with Crippen LogP contribution in [-0.4, -0.2) is 24.5 Å². The molecule has 1 aromatic carbocycles. The molecule has 1 aliphatic heterocycles. The number of carbonyl (C=O) groups excluding carboxylic acids is 1. The van der Waals surface area contributed by atoms with Gasteiger partial charge < -0.3 is 15.4 Å². The molecule has 2 N–H and O–H groups in total. The van der Waals surface area contributed by atoms with E-state index in [-0.39, 0.29) is 5.91 Å². The SMILES string of the molecule is COc1ccc(N)cc1C(=O)N1CCc2sccc2C1. The molecule has 0 unspecified atom stereocenters. The summed E-state index contributed by atoms with van der Waals surface area (Å²) >= 11 is 1.76. The summed E-state index contributed by atoms with van der Waals surface area (Å²) in [6.07, 6.45) is 0.920. The van der Waals surface area contributed by atoms with Gasteiger partial charge in [0, 0.05) is 23.7 Å². The van der Waals surface area contributed by atoms with Crippen molar-refractivity contribution in [3.8, 4) is 5.75 Å². The standard InChI is InChI=1S/C15H16N2O2S/c1-19-13-3-2-11(16)8-12(13)15(18)17-6-4-14-10(9-17)5-7-20-14/h2-3,5,7-8H,4,6,9,16H2,1H3. The molecule has 0 saturated carbocycles. The maximum absolute atomic E-state index is 12.7.